The van der Waals surface area contributed by atoms with Gasteiger partial charge in [0.15, 0.2) is 5.78 Å². The van der Waals surface area contributed by atoms with Crippen molar-refractivity contribution in [3.05, 3.63) is 29.3 Å². The molecule has 0 spiro atoms. The molecule has 0 saturated heterocycles. The molecule has 3 nitrogen and oxygen atoms in total. The van der Waals surface area contributed by atoms with Crippen LogP contribution < -0.4 is 0 Å². The topological polar surface area (TPSA) is 43.4 Å². The van der Waals surface area contributed by atoms with Gasteiger partial charge in [-0.3, -0.25) is 9.59 Å². The summed E-state index contributed by atoms with van der Waals surface area (Å²) in [5, 5.41) is 0.607. The van der Waals surface area contributed by atoms with E-state index < -0.39 is 11.9 Å². The SMILES string of the molecule is COC(=O)C(C)C(=O)CSc1ccccc1Cl. The minimum atomic E-state index is -0.727. The van der Waals surface area contributed by atoms with E-state index in [2.05, 4.69) is 4.74 Å². The van der Waals surface area contributed by atoms with E-state index in [9.17, 15) is 9.59 Å². The Morgan fingerprint density at radius 2 is 2.06 bits per heavy atom. The summed E-state index contributed by atoms with van der Waals surface area (Å²) in [5.41, 5.74) is 0. The molecular formula is C12H13ClO3S. The standard InChI is InChI=1S/C12H13ClO3S/c1-8(12(15)16-2)10(14)7-17-11-6-4-3-5-9(11)13/h3-6,8H,7H2,1-2H3. The minimum Gasteiger partial charge on any atom is -0.468 e. The monoisotopic (exact) mass is 272 g/mol. The van der Waals surface area contributed by atoms with Crippen molar-refractivity contribution in [2.75, 3.05) is 12.9 Å². The highest BCUT2D eigenvalue weighted by Gasteiger charge is 2.21. The number of ether oxygens (including phenoxy) is 1. The van der Waals surface area contributed by atoms with Crippen LogP contribution in [0.2, 0.25) is 5.02 Å². The molecule has 0 saturated carbocycles. The molecule has 0 aromatic heterocycles. The fraction of sp³-hybridized carbons (Fsp3) is 0.333. The summed E-state index contributed by atoms with van der Waals surface area (Å²) in [5.74, 6) is -1.19. The molecule has 17 heavy (non-hydrogen) atoms. The Bertz CT molecular complexity index is 420. The van der Waals surface area contributed by atoms with E-state index in [1.54, 1.807) is 13.0 Å². The molecule has 1 unspecified atom stereocenters. The fourth-order valence-electron chi connectivity index (χ4n) is 1.14. The van der Waals surface area contributed by atoms with Crippen molar-refractivity contribution in [2.45, 2.75) is 11.8 Å². The summed E-state index contributed by atoms with van der Waals surface area (Å²) < 4.78 is 4.51. The van der Waals surface area contributed by atoms with Crippen LogP contribution in [0, 0.1) is 5.92 Å². The van der Waals surface area contributed by atoms with Crippen LogP contribution in [-0.2, 0) is 14.3 Å². The molecule has 1 atom stereocenters. The summed E-state index contributed by atoms with van der Waals surface area (Å²) in [6.07, 6.45) is 0. The van der Waals surface area contributed by atoms with Gasteiger partial charge in [0.2, 0.25) is 0 Å². The first kappa shape index (κ1) is 14.1. The second-order valence-corrected chi connectivity index (χ2v) is 4.85. The zero-order chi connectivity index (χ0) is 12.8. The molecule has 1 rings (SSSR count). The highest BCUT2D eigenvalue weighted by molar-refractivity contribution is 8.00. The molecule has 0 aliphatic heterocycles. The number of ketones is 1. The maximum absolute atomic E-state index is 11.7. The third-order valence-corrected chi connectivity index (χ3v) is 3.78. The molecule has 1 aromatic carbocycles. The highest BCUT2D eigenvalue weighted by Crippen LogP contribution is 2.27. The summed E-state index contributed by atoms with van der Waals surface area (Å²) in [7, 11) is 1.27. The van der Waals surface area contributed by atoms with Gasteiger partial charge in [0.25, 0.3) is 0 Å². The first-order valence-corrected chi connectivity index (χ1v) is 6.40. The normalized spacial score (nSPS) is 11.9. The Morgan fingerprint density at radius 1 is 1.41 bits per heavy atom. The third-order valence-electron chi connectivity index (χ3n) is 2.24. The molecule has 0 amide bonds. The van der Waals surface area contributed by atoms with Crippen molar-refractivity contribution in [1.82, 2.24) is 0 Å². The quantitative estimate of drug-likeness (QED) is 0.470. The second-order valence-electron chi connectivity index (χ2n) is 3.43. The van der Waals surface area contributed by atoms with Crippen LogP contribution in [0.4, 0.5) is 0 Å². The van der Waals surface area contributed by atoms with Gasteiger partial charge in [0.05, 0.1) is 17.9 Å². The molecule has 92 valence electrons. The van der Waals surface area contributed by atoms with Crippen molar-refractivity contribution >= 4 is 35.1 Å². The first-order valence-electron chi connectivity index (χ1n) is 5.04. The number of esters is 1. The lowest BCUT2D eigenvalue weighted by atomic mass is 10.1. The average molecular weight is 273 g/mol. The van der Waals surface area contributed by atoms with E-state index in [4.69, 9.17) is 11.6 Å². The van der Waals surface area contributed by atoms with Crippen LogP contribution in [0.25, 0.3) is 0 Å². The van der Waals surface area contributed by atoms with Gasteiger partial charge in [-0.1, -0.05) is 23.7 Å². The van der Waals surface area contributed by atoms with E-state index in [1.807, 2.05) is 18.2 Å². The summed E-state index contributed by atoms with van der Waals surface area (Å²) in [6.45, 7) is 1.54. The van der Waals surface area contributed by atoms with E-state index in [0.717, 1.165) is 4.90 Å². The van der Waals surface area contributed by atoms with Crippen LogP contribution in [0.1, 0.15) is 6.92 Å². The van der Waals surface area contributed by atoms with E-state index in [-0.39, 0.29) is 11.5 Å². The zero-order valence-electron chi connectivity index (χ0n) is 9.60. The summed E-state index contributed by atoms with van der Waals surface area (Å²) in [6, 6.07) is 7.27. The predicted octanol–water partition coefficient (Wildman–Crippen LogP) is 2.81. The Balaban J connectivity index is 2.54. The largest absolute Gasteiger partial charge is 0.468 e. The smallest absolute Gasteiger partial charge is 0.315 e. The van der Waals surface area contributed by atoms with E-state index in [0.29, 0.717) is 5.02 Å². The second kappa shape index (κ2) is 6.67. The lowest BCUT2D eigenvalue weighted by molar-refractivity contribution is -0.147. The van der Waals surface area contributed by atoms with E-state index >= 15 is 0 Å². The maximum atomic E-state index is 11.7. The maximum Gasteiger partial charge on any atom is 0.315 e. The van der Waals surface area contributed by atoms with Crippen LogP contribution >= 0.6 is 23.4 Å². The number of rotatable bonds is 5. The fourth-order valence-corrected chi connectivity index (χ4v) is 2.37. The van der Waals surface area contributed by atoms with Crippen molar-refractivity contribution < 1.29 is 14.3 Å². The number of Topliss-reactive ketones (excluding diaryl/α,β-unsaturated/α-hetero) is 1. The number of hydrogen-bond acceptors (Lipinski definition) is 4. The van der Waals surface area contributed by atoms with Crippen LogP contribution in [-0.4, -0.2) is 24.6 Å². The van der Waals surface area contributed by atoms with Gasteiger partial charge in [0.1, 0.15) is 5.92 Å². The Hall–Kier alpha value is -1.00. The van der Waals surface area contributed by atoms with Gasteiger partial charge < -0.3 is 4.74 Å². The lowest BCUT2D eigenvalue weighted by Crippen LogP contribution is -2.23. The van der Waals surface area contributed by atoms with Gasteiger partial charge in [-0.25, -0.2) is 0 Å². The molecule has 0 heterocycles. The molecule has 0 bridgehead atoms. The number of thioether (sulfide) groups is 1. The Morgan fingerprint density at radius 3 is 2.65 bits per heavy atom. The van der Waals surface area contributed by atoms with Gasteiger partial charge >= 0.3 is 5.97 Å². The van der Waals surface area contributed by atoms with Crippen molar-refractivity contribution in [3.8, 4) is 0 Å². The number of carbonyl (C=O) groups is 2. The molecule has 0 radical (unpaired) electrons. The van der Waals surface area contributed by atoms with Crippen molar-refractivity contribution in [3.63, 3.8) is 0 Å². The van der Waals surface area contributed by atoms with Gasteiger partial charge in [0, 0.05) is 4.90 Å². The number of benzene rings is 1. The Kier molecular flexibility index (Phi) is 5.51. The van der Waals surface area contributed by atoms with Crippen LogP contribution in [0.5, 0.6) is 0 Å². The average Bonchev–Trinajstić information content (AvgIpc) is 2.35. The Labute approximate surface area is 109 Å². The first-order chi connectivity index (χ1) is 8.06. The molecule has 0 aliphatic rings. The van der Waals surface area contributed by atoms with Gasteiger partial charge in [-0.15, -0.1) is 11.8 Å². The van der Waals surface area contributed by atoms with Crippen molar-refractivity contribution in [2.24, 2.45) is 5.92 Å². The third kappa shape index (κ3) is 4.06. The van der Waals surface area contributed by atoms with E-state index in [1.165, 1.54) is 18.9 Å². The number of methoxy groups -OCH3 is 1. The van der Waals surface area contributed by atoms with Gasteiger partial charge in [-0.05, 0) is 19.1 Å². The predicted molar refractivity (Wildman–Crippen MR) is 68.4 cm³/mol. The van der Waals surface area contributed by atoms with Crippen molar-refractivity contribution in [1.29, 1.82) is 0 Å². The number of hydrogen-bond donors (Lipinski definition) is 0. The highest BCUT2D eigenvalue weighted by atomic mass is 35.5. The number of halogens is 1. The molecule has 0 N–H and O–H groups in total. The van der Waals surface area contributed by atoms with Crippen LogP contribution in [0.3, 0.4) is 0 Å². The number of carbonyl (C=O) groups excluding carboxylic acids is 2. The lowest BCUT2D eigenvalue weighted by Gasteiger charge is -2.08. The molecule has 0 fully saturated rings. The minimum absolute atomic E-state index is 0.165. The summed E-state index contributed by atoms with van der Waals surface area (Å²) in [4.78, 5) is 23.6. The molecule has 5 heteroatoms. The van der Waals surface area contributed by atoms with Gasteiger partial charge in [-0.2, -0.15) is 0 Å². The molecular weight excluding hydrogens is 260 g/mol. The summed E-state index contributed by atoms with van der Waals surface area (Å²) >= 11 is 7.28. The molecule has 1 aromatic rings. The molecule has 0 aliphatic carbocycles. The van der Waals surface area contributed by atoms with Crippen LogP contribution in [0.15, 0.2) is 29.2 Å². The zero-order valence-corrected chi connectivity index (χ0v) is 11.2.